The van der Waals surface area contributed by atoms with Gasteiger partial charge in [-0.1, -0.05) is 91.0 Å². The highest BCUT2D eigenvalue weighted by Gasteiger charge is 2.00. The van der Waals surface area contributed by atoms with Gasteiger partial charge in [-0.2, -0.15) is 0 Å². The molecule has 0 atom stereocenters. The van der Waals surface area contributed by atoms with Gasteiger partial charge in [-0.15, -0.1) is 0 Å². The van der Waals surface area contributed by atoms with Crippen LogP contribution in [0.5, 0.6) is 5.75 Å². The zero-order valence-corrected chi connectivity index (χ0v) is 13.1. The van der Waals surface area contributed by atoms with Gasteiger partial charge in [-0.05, 0) is 23.6 Å². The van der Waals surface area contributed by atoms with Crippen molar-refractivity contribution in [3.63, 3.8) is 0 Å². The van der Waals surface area contributed by atoms with Crippen molar-refractivity contribution in [3.8, 4) is 5.75 Å². The molecule has 0 saturated carbocycles. The van der Waals surface area contributed by atoms with Crippen LogP contribution < -0.4 is 4.74 Å². The average molecular weight is 300 g/mol. The molecule has 0 aliphatic carbocycles. The Balaban J connectivity index is 1.65. The summed E-state index contributed by atoms with van der Waals surface area (Å²) in [6.07, 6.45) is 5.24. The standard InChI is InChI=1S/C22H20O/c1-3-10-19(11-4-1)14-9-16-21-15-7-8-17-22(21)23-18-20-12-5-2-6-13-20/h1-13,15-17H,14,18H2/b16-9+. The quantitative estimate of drug-likeness (QED) is 0.582. The van der Waals surface area contributed by atoms with E-state index in [0.29, 0.717) is 6.61 Å². The molecule has 0 aliphatic rings. The molecule has 3 rings (SSSR count). The first kappa shape index (κ1) is 15.1. The summed E-state index contributed by atoms with van der Waals surface area (Å²) in [6.45, 7) is 0.588. The first-order chi connectivity index (χ1) is 11.4. The van der Waals surface area contributed by atoms with E-state index in [0.717, 1.165) is 17.7 Å². The molecular formula is C22H20O. The fourth-order valence-corrected chi connectivity index (χ4v) is 2.42. The van der Waals surface area contributed by atoms with Crippen LogP contribution in [0.1, 0.15) is 16.7 Å². The fraction of sp³-hybridized carbons (Fsp3) is 0.0909. The van der Waals surface area contributed by atoms with E-state index >= 15 is 0 Å². The van der Waals surface area contributed by atoms with E-state index in [9.17, 15) is 0 Å². The maximum absolute atomic E-state index is 5.97. The van der Waals surface area contributed by atoms with Crippen LogP contribution >= 0.6 is 0 Å². The van der Waals surface area contributed by atoms with Gasteiger partial charge < -0.3 is 4.74 Å². The van der Waals surface area contributed by atoms with Crippen LogP contribution in [0, 0.1) is 0 Å². The number of hydrogen-bond donors (Lipinski definition) is 0. The predicted octanol–water partition coefficient (Wildman–Crippen LogP) is 5.52. The fourth-order valence-electron chi connectivity index (χ4n) is 2.42. The second-order valence-electron chi connectivity index (χ2n) is 5.40. The molecule has 0 radical (unpaired) electrons. The maximum Gasteiger partial charge on any atom is 0.127 e. The molecule has 3 aromatic carbocycles. The van der Waals surface area contributed by atoms with Crippen LogP contribution in [-0.4, -0.2) is 0 Å². The summed E-state index contributed by atoms with van der Waals surface area (Å²) >= 11 is 0. The van der Waals surface area contributed by atoms with Crippen LogP contribution in [0.25, 0.3) is 6.08 Å². The average Bonchev–Trinajstić information content (AvgIpc) is 2.63. The topological polar surface area (TPSA) is 9.23 Å². The lowest BCUT2D eigenvalue weighted by molar-refractivity contribution is 0.305. The van der Waals surface area contributed by atoms with Gasteiger partial charge in [0.05, 0.1) is 0 Å². The molecule has 0 N–H and O–H groups in total. The molecule has 0 heterocycles. The summed E-state index contributed by atoms with van der Waals surface area (Å²) in [6, 6.07) is 28.9. The number of rotatable bonds is 6. The molecule has 0 unspecified atom stereocenters. The lowest BCUT2D eigenvalue weighted by Gasteiger charge is -2.09. The third-order valence-corrected chi connectivity index (χ3v) is 3.65. The second-order valence-corrected chi connectivity index (χ2v) is 5.40. The highest BCUT2D eigenvalue weighted by atomic mass is 16.5. The van der Waals surface area contributed by atoms with Crippen molar-refractivity contribution >= 4 is 6.08 Å². The van der Waals surface area contributed by atoms with Crippen LogP contribution in [0.15, 0.2) is 91.0 Å². The van der Waals surface area contributed by atoms with Gasteiger partial charge in [0.25, 0.3) is 0 Å². The lowest BCUT2D eigenvalue weighted by Crippen LogP contribution is -1.96. The van der Waals surface area contributed by atoms with E-state index in [1.54, 1.807) is 0 Å². The normalized spacial score (nSPS) is 10.8. The van der Waals surface area contributed by atoms with Gasteiger partial charge >= 0.3 is 0 Å². The Kier molecular flexibility index (Phi) is 5.25. The molecule has 3 aromatic rings. The van der Waals surface area contributed by atoms with Gasteiger partial charge in [-0.3, -0.25) is 0 Å². The Morgan fingerprint density at radius 2 is 1.26 bits per heavy atom. The molecule has 0 spiro atoms. The van der Waals surface area contributed by atoms with E-state index in [4.69, 9.17) is 4.74 Å². The van der Waals surface area contributed by atoms with Crippen LogP contribution in [-0.2, 0) is 13.0 Å². The van der Waals surface area contributed by atoms with Gasteiger partial charge in [-0.25, -0.2) is 0 Å². The third-order valence-electron chi connectivity index (χ3n) is 3.65. The first-order valence-electron chi connectivity index (χ1n) is 7.88. The van der Waals surface area contributed by atoms with Crippen molar-refractivity contribution in [2.75, 3.05) is 0 Å². The minimum atomic E-state index is 0.588. The maximum atomic E-state index is 5.97. The number of hydrogen-bond acceptors (Lipinski definition) is 1. The zero-order chi connectivity index (χ0) is 15.7. The van der Waals surface area contributed by atoms with E-state index < -0.39 is 0 Å². The molecule has 0 saturated heterocycles. The molecule has 0 bridgehead atoms. The first-order valence-corrected chi connectivity index (χ1v) is 7.88. The molecule has 114 valence electrons. The second kappa shape index (κ2) is 8.00. The largest absolute Gasteiger partial charge is 0.488 e. The number of benzene rings is 3. The van der Waals surface area contributed by atoms with Gasteiger partial charge in [0.1, 0.15) is 12.4 Å². The van der Waals surface area contributed by atoms with E-state index in [2.05, 4.69) is 54.6 Å². The van der Waals surface area contributed by atoms with Crippen LogP contribution in [0.4, 0.5) is 0 Å². The van der Waals surface area contributed by atoms with Gasteiger partial charge in [0.15, 0.2) is 0 Å². The van der Waals surface area contributed by atoms with Gasteiger partial charge in [0.2, 0.25) is 0 Å². The molecule has 0 amide bonds. The third kappa shape index (κ3) is 4.58. The molecule has 0 aliphatic heterocycles. The summed E-state index contributed by atoms with van der Waals surface area (Å²) in [4.78, 5) is 0. The van der Waals surface area contributed by atoms with Crippen molar-refractivity contribution < 1.29 is 4.74 Å². The molecule has 1 heteroatoms. The molecule has 1 nitrogen and oxygen atoms in total. The van der Waals surface area contributed by atoms with Gasteiger partial charge in [0, 0.05) is 5.56 Å². The Bertz CT molecular complexity index is 745. The SMILES string of the molecule is C(=C\c1ccccc1OCc1ccccc1)/Cc1ccccc1. The monoisotopic (exact) mass is 300 g/mol. The number of para-hydroxylation sites is 1. The molecule has 0 aromatic heterocycles. The van der Waals surface area contributed by atoms with Crippen molar-refractivity contribution in [2.24, 2.45) is 0 Å². The molecule has 23 heavy (non-hydrogen) atoms. The number of ether oxygens (including phenoxy) is 1. The Labute approximate surface area is 137 Å². The highest BCUT2D eigenvalue weighted by molar-refractivity contribution is 5.57. The minimum Gasteiger partial charge on any atom is -0.488 e. The Morgan fingerprint density at radius 3 is 2.00 bits per heavy atom. The van der Waals surface area contributed by atoms with Crippen molar-refractivity contribution in [1.29, 1.82) is 0 Å². The number of allylic oxidation sites excluding steroid dienone is 1. The summed E-state index contributed by atoms with van der Waals surface area (Å²) in [7, 11) is 0. The van der Waals surface area contributed by atoms with Crippen molar-refractivity contribution in [3.05, 3.63) is 108 Å². The van der Waals surface area contributed by atoms with E-state index in [1.165, 1.54) is 11.1 Å². The summed E-state index contributed by atoms with van der Waals surface area (Å²) < 4.78 is 5.97. The van der Waals surface area contributed by atoms with E-state index in [1.807, 2.05) is 42.5 Å². The predicted molar refractivity (Wildman–Crippen MR) is 96.4 cm³/mol. The van der Waals surface area contributed by atoms with E-state index in [-0.39, 0.29) is 0 Å². The van der Waals surface area contributed by atoms with Crippen molar-refractivity contribution in [2.45, 2.75) is 13.0 Å². The van der Waals surface area contributed by atoms with Crippen LogP contribution in [0.2, 0.25) is 0 Å². The summed E-state index contributed by atoms with van der Waals surface area (Å²) in [5, 5.41) is 0. The highest BCUT2D eigenvalue weighted by Crippen LogP contribution is 2.21. The Morgan fingerprint density at radius 1 is 0.652 bits per heavy atom. The summed E-state index contributed by atoms with van der Waals surface area (Å²) in [5.41, 5.74) is 3.60. The van der Waals surface area contributed by atoms with Crippen LogP contribution in [0.3, 0.4) is 0 Å². The summed E-state index contributed by atoms with van der Waals surface area (Å²) in [5.74, 6) is 0.917. The van der Waals surface area contributed by atoms with Crippen molar-refractivity contribution in [1.82, 2.24) is 0 Å². The Hall–Kier alpha value is -2.80. The lowest BCUT2D eigenvalue weighted by atomic mass is 10.1. The molecule has 0 fully saturated rings. The molecular weight excluding hydrogens is 280 g/mol. The minimum absolute atomic E-state index is 0.588. The zero-order valence-electron chi connectivity index (χ0n) is 13.1. The smallest absolute Gasteiger partial charge is 0.127 e.